The second-order valence-electron chi connectivity index (χ2n) is 4.59. The third-order valence-electron chi connectivity index (χ3n) is 3.35. The van der Waals surface area contributed by atoms with Crippen LogP contribution in [0.2, 0.25) is 0 Å². The van der Waals surface area contributed by atoms with E-state index in [-0.39, 0.29) is 24.3 Å². The molecule has 1 aliphatic heterocycles. The Labute approximate surface area is 121 Å². The molecule has 1 N–H and O–H groups in total. The minimum absolute atomic E-state index is 0.0219. The number of hydrogen-bond donors (Lipinski definition) is 1. The molecule has 1 aliphatic rings. The molecular formula is C14H17BrN2O2. The summed E-state index contributed by atoms with van der Waals surface area (Å²) >= 11 is 3.39. The molecular weight excluding hydrogens is 308 g/mol. The van der Waals surface area contributed by atoms with Crippen LogP contribution in [0.3, 0.4) is 0 Å². The van der Waals surface area contributed by atoms with Crippen LogP contribution in [0, 0.1) is 0 Å². The predicted molar refractivity (Wildman–Crippen MR) is 77.1 cm³/mol. The van der Waals surface area contributed by atoms with Crippen molar-refractivity contribution in [3.8, 4) is 0 Å². The summed E-state index contributed by atoms with van der Waals surface area (Å²) in [4.78, 5) is 26.0. The lowest BCUT2D eigenvalue weighted by Crippen LogP contribution is -2.56. The van der Waals surface area contributed by atoms with Gasteiger partial charge in [0.15, 0.2) is 5.78 Å². The van der Waals surface area contributed by atoms with E-state index in [9.17, 15) is 9.59 Å². The van der Waals surface area contributed by atoms with E-state index in [0.29, 0.717) is 12.1 Å². The average molecular weight is 325 g/mol. The first-order valence-electron chi connectivity index (χ1n) is 6.43. The van der Waals surface area contributed by atoms with Gasteiger partial charge in [0, 0.05) is 23.1 Å². The van der Waals surface area contributed by atoms with E-state index in [1.807, 2.05) is 30.0 Å². The molecule has 2 rings (SSSR count). The Balaban J connectivity index is 2.10. The van der Waals surface area contributed by atoms with Crippen LogP contribution in [0.15, 0.2) is 28.7 Å². The number of amides is 1. The summed E-state index contributed by atoms with van der Waals surface area (Å²) in [6, 6.07) is 7.19. The van der Waals surface area contributed by atoms with Crippen LogP contribution in [-0.2, 0) is 4.79 Å². The van der Waals surface area contributed by atoms with Gasteiger partial charge in [-0.25, -0.2) is 0 Å². The summed E-state index contributed by atoms with van der Waals surface area (Å²) in [6.07, 6.45) is 0.717. The van der Waals surface area contributed by atoms with Gasteiger partial charge in [-0.1, -0.05) is 41.1 Å². The van der Waals surface area contributed by atoms with Gasteiger partial charge in [0.1, 0.15) is 0 Å². The summed E-state index contributed by atoms with van der Waals surface area (Å²) in [7, 11) is 0. The molecule has 19 heavy (non-hydrogen) atoms. The molecule has 0 spiro atoms. The molecule has 1 aromatic carbocycles. The maximum atomic E-state index is 12.3. The van der Waals surface area contributed by atoms with Gasteiger partial charge in [0.2, 0.25) is 5.91 Å². The SMILES string of the molecule is CCC1C(=O)NCCN1CC(=O)c1ccccc1Br. The van der Waals surface area contributed by atoms with E-state index in [1.165, 1.54) is 0 Å². The first-order valence-corrected chi connectivity index (χ1v) is 7.22. The van der Waals surface area contributed by atoms with Crippen molar-refractivity contribution < 1.29 is 9.59 Å². The molecule has 1 aromatic rings. The number of Topliss-reactive ketones (excluding diaryl/α,β-unsaturated/α-hetero) is 1. The summed E-state index contributed by atoms with van der Waals surface area (Å²) in [5.41, 5.74) is 0.670. The monoisotopic (exact) mass is 324 g/mol. The van der Waals surface area contributed by atoms with Crippen LogP contribution in [0.25, 0.3) is 0 Å². The Morgan fingerprint density at radius 1 is 1.47 bits per heavy atom. The Morgan fingerprint density at radius 3 is 2.89 bits per heavy atom. The molecule has 0 saturated carbocycles. The van der Waals surface area contributed by atoms with Crippen molar-refractivity contribution in [2.45, 2.75) is 19.4 Å². The standard InChI is InChI=1S/C14H17BrN2O2/c1-2-12-14(19)16-7-8-17(12)9-13(18)10-5-3-4-6-11(10)15/h3-6,12H,2,7-9H2,1H3,(H,16,19). The molecule has 1 fully saturated rings. The number of nitrogens with one attached hydrogen (secondary N) is 1. The van der Waals surface area contributed by atoms with E-state index >= 15 is 0 Å². The molecule has 102 valence electrons. The number of nitrogens with zero attached hydrogens (tertiary/aromatic N) is 1. The molecule has 1 atom stereocenters. The Kier molecular flexibility index (Phi) is 4.71. The Morgan fingerprint density at radius 2 is 2.21 bits per heavy atom. The number of rotatable bonds is 4. The van der Waals surface area contributed by atoms with Gasteiger partial charge < -0.3 is 5.32 Å². The van der Waals surface area contributed by atoms with Gasteiger partial charge in [0.05, 0.1) is 12.6 Å². The van der Waals surface area contributed by atoms with Crippen molar-refractivity contribution in [1.82, 2.24) is 10.2 Å². The number of piperazine rings is 1. The van der Waals surface area contributed by atoms with Crippen LogP contribution in [0.1, 0.15) is 23.7 Å². The van der Waals surface area contributed by atoms with Gasteiger partial charge in [-0.3, -0.25) is 14.5 Å². The summed E-state index contributed by atoms with van der Waals surface area (Å²) < 4.78 is 0.800. The molecule has 1 heterocycles. The third-order valence-corrected chi connectivity index (χ3v) is 4.04. The first kappa shape index (κ1) is 14.2. The molecule has 0 aromatic heterocycles. The molecule has 0 radical (unpaired) electrons. The normalized spacial score (nSPS) is 20.1. The highest BCUT2D eigenvalue weighted by Crippen LogP contribution is 2.18. The van der Waals surface area contributed by atoms with Gasteiger partial charge in [-0.15, -0.1) is 0 Å². The summed E-state index contributed by atoms with van der Waals surface area (Å²) in [6.45, 7) is 3.58. The van der Waals surface area contributed by atoms with E-state index in [1.54, 1.807) is 6.07 Å². The van der Waals surface area contributed by atoms with Crippen LogP contribution < -0.4 is 5.32 Å². The number of hydrogen-bond acceptors (Lipinski definition) is 3. The number of carbonyl (C=O) groups is 2. The molecule has 1 saturated heterocycles. The fourth-order valence-electron chi connectivity index (χ4n) is 2.35. The first-order chi connectivity index (χ1) is 9.13. The fourth-order valence-corrected chi connectivity index (χ4v) is 2.86. The lowest BCUT2D eigenvalue weighted by atomic mass is 10.1. The van der Waals surface area contributed by atoms with Crippen LogP contribution in [0.5, 0.6) is 0 Å². The molecule has 0 aliphatic carbocycles. The summed E-state index contributed by atoms with van der Waals surface area (Å²) in [5, 5.41) is 2.84. The maximum Gasteiger partial charge on any atom is 0.237 e. The van der Waals surface area contributed by atoms with Gasteiger partial charge in [-0.2, -0.15) is 0 Å². The van der Waals surface area contributed by atoms with Crippen LogP contribution >= 0.6 is 15.9 Å². The van der Waals surface area contributed by atoms with E-state index in [2.05, 4.69) is 21.2 Å². The van der Waals surface area contributed by atoms with E-state index < -0.39 is 0 Å². The molecule has 5 heteroatoms. The molecule has 0 bridgehead atoms. The number of ketones is 1. The van der Waals surface area contributed by atoms with Crippen molar-refractivity contribution in [1.29, 1.82) is 0 Å². The lowest BCUT2D eigenvalue weighted by molar-refractivity contribution is -0.128. The minimum atomic E-state index is -0.194. The van der Waals surface area contributed by atoms with Crippen LogP contribution in [0.4, 0.5) is 0 Å². The van der Waals surface area contributed by atoms with Crippen molar-refractivity contribution in [2.24, 2.45) is 0 Å². The second-order valence-corrected chi connectivity index (χ2v) is 5.44. The zero-order valence-corrected chi connectivity index (χ0v) is 12.4. The fraction of sp³-hybridized carbons (Fsp3) is 0.429. The number of halogens is 1. The van der Waals surface area contributed by atoms with Crippen molar-refractivity contribution in [3.63, 3.8) is 0 Å². The molecule has 1 amide bonds. The largest absolute Gasteiger partial charge is 0.353 e. The topological polar surface area (TPSA) is 49.4 Å². The van der Waals surface area contributed by atoms with E-state index in [4.69, 9.17) is 0 Å². The highest BCUT2D eigenvalue weighted by molar-refractivity contribution is 9.10. The van der Waals surface area contributed by atoms with Gasteiger partial charge >= 0.3 is 0 Å². The zero-order chi connectivity index (χ0) is 13.8. The maximum absolute atomic E-state index is 12.3. The average Bonchev–Trinajstić information content (AvgIpc) is 2.39. The van der Waals surface area contributed by atoms with Gasteiger partial charge in [0.25, 0.3) is 0 Å². The highest BCUT2D eigenvalue weighted by Gasteiger charge is 2.29. The number of carbonyl (C=O) groups excluding carboxylic acids is 2. The third kappa shape index (κ3) is 3.22. The molecule has 4 nitrogen and oxygen atoms in total. The van der Waals surface area contributed by atoms with Gasteiger partial charge in [-0.05, 0) is 12.5 Å². The van der Waals surface area contributed by atoms with E-state index in [0.717, 1.165) is 17.4 Å². The zero-order valence-electron chi connectivity index (χ0n) is 10.9. The quantitative estimate of drug-likeness (QED) is 0.860. The molecule has 1 unspecified atom stereocenters. The summed E-state index contributed by atoms with van der Waals surface area (Å²) in [5.74, 6) is 0.0642. The Hall–Kier alpha value is -1.20. The van der Waals surface area contributed by atoms with Crippen molar-refractivity contribution >= 4 is 27.6 Å². The van der Waals surface area contributed by atoms with Crippen molar-refractivity contribution in [2.75, 3.05) is 19.6 Å². The minimum Gasteiger partial charge on any atom is -0.353 e. The van der Waals surface area contributed by atoms with Crippen LogP contribution in [-0.4, -0.2) is 42.3 Å². The Bertz CT molecular complexity index is 490. The van der Waals surface area contributed by atoms with Crippen molar-refractivity contribution in [3.05, 3.63) is 34.3 Å². The smallest absolute Gasteiger partial charge is 0.237 e. The number of benzene rings is 1. The predicted octanol–water partition coefficient (Wildman–Crippen LogP) is 1.84. The highest BCUT2D eigenvalue weighted by atomic mass is 79.9. The lowest BCUT2D eigenvalue weighted by Gasteiger charge is -2.33. The second kappa shape index (κ2) is 6.30.